The minimum atomic E-state index is -4.63. The highest BCUT2D eigenvalue weighted by Gasteiger charge is 2.34. The summed E-state index contributed by atoms with van der Waals surface area (Å²) in [7, 11) is 0. The topological polar surface area (TPSA) is 51.5 Å². The maximum absolute atomic E-state index is 13.3. The standard InChI is InChI=1S/C20H23F3N2O3/c1-2-8-25-17-11-14(28-13-19(27)24-9-4-3-5-10-24)6-7-15(17)16(12-18(25)26)20(21,22)23/h6-7,11-12H,2-5,8-10,13H2,1H3. The van der Waals surface area contributed by atoms with Crippen LogP contribution < -0.4 is 10.3 Å². The molecule has 0 unspecified atom stereocenters. The van der Waals surface area contributed by atoms with Crippen LogP contribution in [-0.4, -0.2) is 35.1 Å². The van der Waals surface area contributed by atoms with Crippen molar-refractivity contribution in [3.05, 3.63) is 40.2 Å². The molecule has 2 aromatic rings. The fourth-order valence-corrected chi connectivity index (χ4v) is 3.52. The minimum absolute atomic E-state index is 0.0599. The van der Waals surface area contributed by atoms with Gasteiger partial charge in [0.05, 0.1) is 11.1 Å². The molecule has 0 atom stereocenters. The number of amides is 1. The van der Waals surface area contributed by atoms with Gasteiger partial charge in [-0.05, 0) is 37.8 Å². The van der Waals surface area contributed by atoms with E-state index in [9.17, 15) is 22.8 Å². The van der Waals surface area contributed by atoms with Crippen LogP contribution in [0.5, 0.6) is 5.75 Å². The van der Waals surface area contributed by atoms with Crippen molar-refractivity contribution in [3.8, 4) is 5.75 Å². The molecular weight excluding hydrogens is 373 g/mol. The van der Waals surface area contributed by atoms with Gasteiger partial charge in [-0.25, -0.2) is 0 Å². The lowest BCUT2D eigenvalue weighted by Crippen LogP contribution is -2.38. The van der Waals surface area contributed by atoms with Gasteiger partial charge >= 0.3 is 6.18 Å². The minimum Gasteiger partial charge on any atom is -0.484 e. The van der Waals surface area contributed by atoms with E-state index in [0.717, 1.165) is 19.3 Å². The summed E-state index contributed by atoms with van der Waals surface area (Å²) >= 11 is 0. The SMILES string of the molecule is CCCn1c(=O)cc(C(F)(F)F)c2ccc(OCC(=O)N3CCCCC3)cc21. The van der Waals surface area contributed by atoms with Crippen molar-refractivity contribution in [2.45, 2.75) is 45.3 Å². The number of benzene rings is 1. The van der Waals surface area contributed by atoms with Crippen molar-refractivity contribution < 1.29 is 22.7 Å². The van der Waals surface area contributed by atoms with Gasteiger partial charge in [0.2, 0.25) is 0 Å². The number of aromatic nitrogens is 1. The zero-order valence-electron chi connectivity index (χ0n) is 15.7. The molecule has 1 fully saturated rings. The zero-order valence-corrected chi connectivity index (χ0v) is 15.7. The smallest absolute Gasteiger partial charge is 0.417 e. The summed E-state index contributed by atoms with van der Waals surface area (Å²) in [4.78, 5) is 26.2. The van der Waals surface area contributed by atoms with Crippen LogP contribution in [0.2, 0.25) is 0 Å². The summed E-state index contributed by atoms with van der Waals surface area (Å²) in [5.41, 5.74) is -1.51. The number of halogens is 3. The first kappa shape index (κ1) is 20.2. The van der Waals surface area contributed by atoms with E-state index >= 15 is 0 Å². The molecule has 1 saturated heterocycles. The van der Waals surface area contributed by atoms with Gasteiger partial charge in [-0.15, -0.1) is 0 Å². The summed E-state index contributed by atoms with van der Waals surface area (Å²) in [6.07, 6.45) is -1.00. The van der Waals surface area contributed by atoms with Crippen molar-refractivity contribution in [2.75, 3.05) is 19.7 Å². The predicted octanol–water partition coefficient (Wildman–Crippen LogP) is 3.82. The largest absolute Gasteiger partial charge is 0.484 e. The molecule has 5 nitrogen and oxygen atoms in total. The molecule has 0 bridgehead atoms. The molecule has 0 radical (unpaired) electrons. The van der Waals surface area contributed by atoms with Gasteiger partial charge in [-0.2, -0.15) is 13.2 Å². The predicted molar refractivity (Wildman–Crippen MR) is 99.4 cm³/mol. The first-order valence-corrected chi connectivity index (χ1v) is 9.46. The maximum atomic E-state index is 13.3. The van der Waals surface area contributed by atoms with E-state index in [4.69, 9.17) is 4.74 Å². The number of rotatable bonds is 5. The van der Waals surface area contributed by atoms with E-state index in [0.29, 0.717) is 32.1 Å². The quantitative estimate of drug-likeness (QED) is 0.772. The van der Waals surface area contributed by atoms with Crippen molar-refractivity contribution >= 4 is 16.8 Å². The number of piperidine rings is 1. The highest BCUT2D eigenvalue weighted by molar-refractivity contribution is 5.85. The normalized spacial score (nSPS) is 15.1. The number of pyridine rings is 1. The highest BCUT2D eigenvalue weighted by atomic mass is 19.4. The summed E-state index contributed by atoms with van der Waals surface area (Å²) < 4.78 is 46.9. The van der Waals surface area contributed by atoms with E-state index in [1.165, 1.54) is 22.8 Å². The van der Waals surface area contributed by atoms with Crippen molar-refractivity contribution in [1.29, 1.82) is 0 Å². The number of ether oxygens (including phenoxy) is 1. The Morgan fingerprint density at radius 1 is 1.14 bits per heavy atom. The van der Waals surface area contributed by atoms with Crippen LogP contribution in [-0.2, 0) is 17.5 Å². The Labute approximate surface area is 160 Å². The Morgan fingerprint density at radius 3 is 2.50 bits per heavy atom. The van der Waals surface area contributed by atoms with Gasteiger partial charge in [0, 0.05) is 37.2 Å². The van der Waals surface area contributed by atoms with Crippen LogP contribution in [0.1, 0.15) is 38.2 Å². The van der Waals surface area contributed by atoms with E-state index in [1.807, 2.05) is 6.92 Å². The van der Waals surface area contributed by atoms with E-state index in [2.05, 4.69) is 0 Å². The highest BCUT2D eigenvalue weighted by Crippen LogP contribution is 2.35. The van der Waals surface area contributed by atoms with E-state index in [1.54, 1.807) is 4.90 Å². The molecule has 28 heavy (non-hydrogen) atoms. The second-order valence-corrected chi connectivity index (χ2v) is 6.95. The molecule has 1 aromatic heterocycles. The lowest BCUT2D eigenvalue weighted by atomic mass is 10.1. The first-order valence-electron chi connectivity index (χ1n) is 9.46. The molecule has 1 aliphatic heterocycles. The molecular formula is C20H23F3N2O3. The lowest BCUT2D eigenvalue weighted by Gasteiger charge is -2.26. The molecule has 152 valence electrons. The van der Waals surface area contributed by atoms with E-state index in [-0.39, 0.29) is 29.2 Å². The molecule has 3 rings (SSSR count). The second-order valence-electron chi connectivity index (χ2n) is 6.95. The molecule has 8 heteroatoms. The Balaban J connectivity index is 1.91. The Kier molecular flexibility index (Phi) is 5.96. The third kappa shape index (κ3) is 4.31. The van der Waals surface area contributed by atoms with Gasteiger partial charge in [0.15, 0.2) is 6.61 Å². The Bertz CT molecular complexity index is 915. The van der Waals surface area contributed by atoms with Crippen LogP contribution in [0.4, 0.5) is 13.2 Å². The summed E-state index contributed by atoms with van der Waals surface area (Å²) in [6.45, 7) is 3.36. The van der Waals surface area contributed by atoms with Gasteiger partial charge in [-0.1, -0.05) is 6.92 Å². The summed E-state index contributed by atoms with van der Waals surface area (Å²) in [5, 5.41) is -0.0599. The number of hydrogen-bond donors (Lipinski definition) is 0. The molecule has 0 aliphatic carbocycles. The fourth-order valence-electron chi connectivity index (χ4n) is 3.52. The van der Waals surface area contributed by atoms with Gasteiger partial charge < -0.3 is 14.2 Å². The molecule has 0 spiro atoms. The number of carbonyl (C=O) groups excluding carboxylic acids is 1. The molecule has 1 aromatic carbocycles. The van der Waals surface area contributed by atoms with Crippen LogP contribution in [0.15, 0.2) is 29.1 Å². The van der Waals surface area contributed by atoms with Crippen LogP contribution in [0.25, 0.3) is 10.9 Å². The summed E-state index contributed by atoms with van der Waals surface area (Å²) in [6, 6.07) is 4.75. The molecule has 1 amide bonds. The number of fused-ring (bicyclic) bond motifs is 1. The number of aryl methyl sites for hydroxylation is 1. The van der Waals surface area contributed by atoms with Gasteiger partial charge in [-0.3, -0.25) is 9.59 Å². The van der Waals surface area contributed by atoms with Gasteiger partial charge in [0.25, 0.3) is 11.5 Å². The molecule has 0 saturated carbocycles. The third-order valence-electron chi connectivity index (χ3n) is 4.91. The third-order valence-corrected chi connectivity index (χ3v) is 4.91. The van der Waals surface area contributed by atoms with Gasteiger partial charge in [0.1, 0.15) is 5.75 Å². The average molecular weight is 396 g/mol. The number of hydrogen-bond acceptors (Lipinski definition) is 3. The zero-order chi connectivity index (χ0) is 20.3. The number of carbonyl (C=O) groups is 1. The monoisotopic (exact) mass is 396 g/mol. The van der Waals surface area contributed by atoms with Crippen LogP contribution in [0, 0.1) is 0 Å². The molecule has 0 N–H and O–H groups in total. The molecule has 2 heterocycles. The Morgan fingerprint density at radius 2 is 1.86 bits per heavy atom. The molecule has 1 aliphatic rings. The van der Waals surface area contributed by atoms with E-state index < -0.39 is 17.3 Å². The van der Waals surface area contributed by atoms with Crippen LogP contribution in [0.3, 0.4) is 0 Å². The lowest BCUT2D eigenvalue weighted by molar-refractivity contribution is -0.136. The van der Waals surface area contributed by atoms with Crippen molar-refractivity contribution in [2.24, 2.45) is 0 Å². The number of nitrogens with zero attached hydrogens (tertiary/aromatic N) is 2. The number of alkyl halides is 3. The Hall–Kier alpha value is -2.51. The fraction of sp³-hybridized carbons (Fsp3) is 0.500. The van der Waals surface area contributed by atoms with Crippen molar-refractivity contribution in [3.63, 3.8) is 0 Å². The van der Waals surface area contributed by atoms with Crippen LogP contribution >= 0.6 is 0 Å². The van der Waals surface area contributed by atoms with Crippen molar-refractivity contribution in [1.82, 2.24) is 9.47 Å². The summed E-state index contributed by atoms with van der Waals surface area (Å²) in [5.74, 6) is 0.122. The second kappa shape index (κ2) is 8.24. The number of likely N-dealkylation sites (tertiary alicyclic amines) is 1. The average Bonchev–Trinajstić information content (AvgIpc) is 2.67. The maximum Gasteiger partial charge on any atom is 0.417 e. The first-order chi connectivity index (χ1) is 13.3.